The van der Waals surface area contributed by atoms with Gasteiger partial charge in [-0.25, -0.2) is 0 Å². The van der Waals surface area contributed by atoms with Gasteiger partial charge in [-0.2, -0.15) is 0 Å². The highest BCUT2D eigenvalue weighted by molar-refractivity contribution is 6.34. The summed E-state index contributed by atoms with van der Waals surface area (Å²) in [6.45, 7) is 8.06. The lowest BCUT2D eigenvalue weighted by molar-refractivity contribution is -0.124. The van der Waals surface area contributed by atoms with E-state index in [1.54, 1.807) is 18.2 Å². The topological polar surface area (TPSA) is 92.2 Å². The summed E-state index contributed by atoms with van der Waals surface area (Å²) < 4.78 is 2.03. The van der Waals surface area contributed by atoms with Crippen LogP contribution in [0.1, 0.15) is 84.1 Å². The van der Waals surface area contributed by atoms with Crippen LogP contribution in [-0.2, 0) is 24.2 Å². The number of aromatic nitrogens is 1. The van der Waals surface area contributed by atoms with E-state index in [1.807, 2.05) is 54.8 Å². The van der Waals surface area contributed by atoms with Gasteiger partial charge in [0.2, 0.25) is 5.91 Å². The summed E-state index contributed by atoms with van der Waals surface area (Å²) in [5.41, 5.74) is 6.59. The maximum Gasteiger partial charge on any atom is 0.272 e. The highest BCUT2D eigenvalue weighted by atomic mass is 35.5. The van der Waals surface area contributed by atoms with Crippen molar-refractivity contribution < 1.29 is 14.4 Å². The highest BCUT2D eigenvalue weighted by Crippen LogP contribution is 2.31. The Morgan fingerprint density at radius 3 is 2.43 bits per heavy atom. The number of hydrogen-bond acceptors (Lipinski definition) is 3. The van der Waals surface area contributed by atoms with Crippen molar-refractivity contribution >= 4 is 51.6 Å². The van der Waals surface area contributed by atoms with Gasteiger partial charge in [0.15, 0.2) is 0 Å². The Morgan fingerprint density at radius 1 is 0.881 bits per heavy atom. The molecule has 218 valence electrons. The van der Waals surface area contributed by atoms with E-state index >= 15 is 0 Å². The van der Waals surface area contributed by atoms with Crippen LogP contribution in [0.3, 0.4) is 0 Å². The van der Waals surface area contributed by atoms with Gasteiger partial charge in [0.1, 0.15) is 5.69 Å². The standard InChI is InChI=1S/C34H37ClN4O3/c1-20(2)32(40)36-19-22-12-14-28(35)27(16-22)33(41)37-25-13-15-30-24(17-25)18-31(39(30)21(3)4)34(42)38-29-11-7-9-23-8-5-6-10-26(23)29/h7,9,11-18,20-21H,5-6,8,10,19H2,1-4H3,(H,36,40)(H,37,41)(H,38,42). The molecule has 4 aromatic rings. The van der Waals surface area contributed by atoms with E-state index in [4.69, 9.17) is 11.6 Å². The van der Waals surface area contributed by atoms with E-state index in [2.05, 4.69) is 35.9 Å². The van der Waals surface area contributed by atoms with Crippen LogP contribution in [0.2, 0.25) is 5.02 Å². The van der Waals surface area contributed by atoms with Crippen molar-refractivity contribution in [3.05, 3.63) is 93.6 Å². The summed E-state index contributed by atoms with van der Waals surface area (Å²) in [5.74, 6) is -0.700. The average Bonchev–Trinajstić information content (AvgIpc) is 3.36. The fraction of sp³-hybridized carbons (Fsp3) is 0.324. The SMILES string of the molecule is CC(C)C(=O)NCc1ccc(Cl)c(C(=O)Nc2ccc3c(c2)cc(C(=O)Nc2cccc4c2CCCC4)n3C(C)C)c1. The van der Waals surface area contributed by atoms with E-state index in [9.17, 15) is 14.4 Å². The van der Waals surface area contributed by atoms with Crippen molar-refractivity contribution in [1.82, 2.24) is 9.88 Å². The first-order chi connectivity index (χ1) is 20.1. The van der Waals surface area contributed by atoms with Crippen molar-refractivity contribution in [1.29, 1.82) is 0 Å². The van der Waals surface area contributed by atoms with Crippen molar-refractivity contribution in [3.8, 4) is 0 Å². The first-order valence-corrected chi connectivity index (χ1v) is 14.9. The largest absolute Gasteiger partial charge is 0.352 e. The zero-order chi connectivity index (χ0) is 30.0. The molecule has 1 heterocycles. The minimum Gasteiger partial charge on any atom is -0.352 e. The average molecular weight is 585 g/mol. The molecule has 0 saturated carbocycles. The number of amides is 3. The molecule has 0 bridgehead atoms. The number of rotatable bonds is 8. The predicted molar refractivity (Wildman–Crippen MR) is 169 cm³/mol. The number of halogens is 1. The molecule has 0 saturated heterocycles. The van der Waals surface area contributed by atoms with E-state index < -0.39 is 0 Å². The number of carbonyl (C=O) groups excluding carboxylic acids is 3. The third kappa shape index (κ3) is 6.21. The van der Waals surface area contributed by atoms with E-state index in [0.29, 0.717) is 28.5 Å². The minimum atomic E-state index is -0.355. The molecule has 3 amide bonds. The van der Waals surface area contributed by atoms with E-state index in [1.165, 1.54) is 17.5 Å². The van der Waals surface area contributed by atoms with Crippen molar-refractivity contribution in [2.75, 3.05) is 10.6 Å². The highest BCUT2D eigenvalue weighted by Gasteiger charge is 2.21. The monoisotopic (exact) mass is 584 g/mol. The number of hydrogen-bond donors (Lipinski definition) is 3. The second-order valence-electron chi connectivity index (χ2n) is 11.5. The third-order valence-corrected chi connectivity index (χ3v) is 8.09. The number of nitrogens with zero attached hydrogens (tertiary/aromatic N) is 1. The lowest BCUT2D eigenvalue weighted by Crippen LogP contribution is -2.27. The molecule has 1 aliphatic carbocycles. The molecule has 42 heavy (non-hydrogen) atoms. The van der Waals surface area contributed by atoms with Crippen LogP contribution in [0.15, 0.2) is 60.7 Å². The number of carbonyl (C=O) groups is 3. The summed E-state index contributed by atoms with van der Waals surface area (Å²) in [6.07, 6.45) is 4.33. The van der Waals surface area contributed by atoms with Crippen LogP contribution in [0.25, 0.3) is 10.9 Å². The predicted octanol–water partition coefficient (Wildman–Crippen LogP) is 7.53. The summed E-state index contributed by atoms with van der Waals surface area (Å²) >= 11 is 6.37. The maximum atomic E-state index is 13.6. The van der Waals surface area contributed by atoms with Gasteiger partial charge >= 0.3 is 0 Å². The Kier molecular flexibility index (Phi) is 8.69. The molecule has 0 spiro atoms. The molecule has 0 aliphatic heterocycles. The van der Waals surface area contributed by atoms with Crippen LogP contribution >= 0.6 is 11.6 Å². The molecular weight excluding hydrogens is 548 g/mol. The van der Waals surface area contributed by atoms with Crippen molar-refractivity contribution in [2.45, 2.75) is 66.0 Å². The van der Waals surface area contributed by atoms with Gasteiger partial charge in [-0.05, 0) is 98.7 Å². The number of fused-ring (bicyclic) bond motifs is 2. The van der Waals surface area contributed by atoms with Gasteiger partial charge in [-0.1, -0.05) is 43.6 Å². The Morgan fingerprint density at radius 2 is 1.67 bits per heavy atom. The van der Waals surface area contributed by atoms with Gasteiger partial charge < -0.3 is 20.5 Å². The van der Waals surface area contributed by atoms with Crippen molar-refractivity contribution in [2.24, 2.45) is 5.92 Å². The summed E-state index contributed by atoms with van der Waals surface area (Å²) in [4.78, 5) is 38.8. The minimum absolute atomic E-state index is 0.0473. The van der Waals surface area contributed by atoms with E-state index in [0.717, 1.165) is 41.4 Å². The van der Waals surface area contributed by atoms with Crippen LogP contribution in [0.5, 0.6) is 0 Å². The van der Waals surface area contributed by atoms with Crippen LogP contribution in [-0.4, -0.2) is 22.3 Å². The maximum absolute atomic E-state index is 13.6. The van der Waals surface area contributed by atoms with Crippen LogP contribution in [0.4, 0.5) is 11.4 Å². The first kappa shape index (κ1) is 29.4. The number of anilines is 2. The quantitative estimate of drug-likeness (QED) is 0.200. The van der Waals surface area contributed by atoms with Gasteiger partial charge in [-0.3, -0.25) is 14.4 Å². The van der Waals surface area contributed by atoms with Gasteiger partial charge in [0.05, 0.1) is 10.6 Å². The summed E-state index contributed by atoms with van der Waals surface area (Å²) in [6, 6.07) is 18.8. The molecule has 0 unspecified atom stereocenters. The molecule has 1 aliphatic rings. The molecule has 3 aromatic carbocycles. The molecule has 1 aromatic heterocycles. The molecule has 7 nitrogen and oxygen atoms in total. The van der Waals surface area contributed by atoms with Gasteiger partial charge in [-0.15, -0.1) is 0 Å². The summed E-state index contributed by atoms with van der Waals surface area (Å²) in [5, 5.41) is 10.1. The number of aryl methyl sites for hydroxylation is 1. The lowest BCUT2D eigenvalue weighted by atomic mass is 9.90. The smallest absolute Gasteiger partial charge is 0.272 e. The molecule has 0 fully saturated rings. The fourth-order valence-electron chi connectivity index (χ4n) is 5.58. The zero-order valence-corrected chi connectivity index (χ0v) is 25.3. The molecular formula is C34H37ClN4O3. The van der Waals surface area contributed by atoms with Crippen LogP contribution in [0, 0.1) is 5.92 Å². The van der Waals surface area contributed by atoms with Gasteiger partial charge in [0.25, 0.3) is 11.8 Å². The zero-order valence-electron chi connectivity index (χ0n) is 24.5. The Balaban J connectivity index is 1.38. The van der Waals surface area contributed by atoms with E-state index in [-0.39, 0.29) is 29.7 Å². The molecule has 0 radical (unpaired) electrons. The Hall–Kier alpha value is -4.10. The Labute approximate surface area is 251 Å². The lowest BCUT2D eigenvalue weighted by Gasteiger charge is -2.20. The van der Waals surface area contributed by atoms with Gasteiger partial charge in [0, 0.05) is 40.8 Å². The van der Waals surface area contributed by atoms with Crippen molar-refractivity contribution in [3.63, 3.8) is 0 Å². The molecule has 0 atom stereocenters. The number of benzene rings is 3. The third-order valence-electron chi connectivity index (χ3n) is 7.76. The first-order valence-electron chi connectivity index (χ1n) is 14.6. The second-order valence-corrected chi connectivity index (χ2v) is 11.9. The fourth-order valence-corrected chi connectivity index (χ4v) is 5.78. The number of nitrogens with one attached hydrogen (secondary N) is 3. The normalized spacial score (nSPS) is 12.8. The summed E-state index contributed by atoms with van der Waals surface area (Å²) in [7, 11) is 0. The Bertz CT molecular complexity index is 1670. The second kappa shape index (κ2) is 12.4. The molecule has 5 rings (SSSR count). The molecule has 3 N–H and O–H groups in total. The molecule has 8 heteroatoms. The van der Waals surface area contributed by atoms with Crippen LogP contribution < -0.4 is 16.0 Å².